The van der Waals surface area contributed by atoms with Crippen LogP contribution >= 0.6 is 0 Å². The number of hydrazine groups is 1. The highest BCUT2D eigenvalue weighted by atomic mass is 19.1. The van der Waals surface area contributed by atoms with Crippen LogP contribution in [0.4, 0.5) is 15.8 Å². The molecular formula is C28H28FN5O2. The lowest BCUT2D eigenvalue weighted by Crippen LogP contribution is -2.47. The summed E-state index contributed by atoms with van der Waals surface area (Å²) in [6.07, 6.45) is 3.38. The van der Waals surface area contributed by atoms with Gasteiger partial charge >= 0.3 is 0 Å². The van der Waals surface area contributed by atoms with Crippen molar-refractivity contribution >= 4 is 23.3 Å². The van der Waals surface area contributed by atoms with Crippen LogP contribution < -0.4 is 20.8 Å². The van der Waals surface area contributed by atoms with Crippen LogP contribution in [0.1, 0.15) is 24.2 Å². The van der Waals surface area contributed by atoms with Gasteiger partial charge in [0, 0.05) is 11.9 Å². The van der Waals surface area contributed by atoms with Crippen molar-refractivity contribution in [2.24, 2.45) is 10.7 Å². The molecular weight excluding hydrogens is 457 g/mol. The number of allylic oxidation sites excluding steroid dienone is 1. The van der Waals surface area contributed by atoms with Gasteiger partial charge in [-0.05, 0) is 60.5 Å². The molecule has 0 aromatic heterocycles. The molecule has 184 valence electrons. The molecule has 5 rings (SSSR count). The van der Waals surface area contributed by atoms with Crippen molar-refractivity contribution in [3.8, 4) is 5.75 Å². The fourth-order valence-electron chi connectivity index (χ4n) is 4.26. The number of methoxy groups -OCH3 is 1. The van der Waals surface area contributed by atoms with Crippen molar-refractivity contribution in [1.29, 1.82) is 0 Å². The lowest BCUT2D eigenvalue weighted by atomic mass is 10.1. The van der Waals surface area contributed by atoms with Gasteiger partial charge in [0.05, 0.1) is 25.0 Å². The zero-order valence-electron chi connectivity index (χ0n) is 20.2. The fraction of sp³-hybridized carbons (Fsp3) is 0.179. The van der Waals surface area contributed by atoms with Crippen LogP contribution in [0.2, 0.25) is 0 Å². The predicted molar refractivity (Wildman–Crippen MR) is 141 cm³/mol. The van der Waals surface area contributed by atoms with E-state index in [1.807, 2.05) is 61.5 Å². The summed E-state index contributed by atoms with van der Waals surface area (Å²) in [7, 11) is 1.63. The van der Waals surface area contributed by atoms with E-state index in [0.29, 0.717) is 30.4 Å². The van der Waals surface area contributed by atoms with Gasteiger partial charge in [-0.3, -0.25) is 10.0 Å². The normalized spacial score (nSPS) is 18.5. The van der Waals surface area contributed by atoms with E-state index in [0.717, 1.165) is 28.3 Å². The summed E-state index contributed by atoms with van der Waals surface area (Å²) in [5.74, 6) is 1.79. The first-order valence-corrected chi connectivity index (χ1v) is 11.7. The summed E-state index contributed by atoms with van der Waals surface area (Å²) < 4.78 is 25.4. The minimum Gasteiger partial charge on any atom is -0.495 e. The Kier molecular flexibility index (Phi) is 6.49. The fourth-order valence-corrected chi connectivity index (χ4v) is 4.26. The number of aliphatic imine (C=N–C) groups is 1. The van der Waals surface area contributed by atoms with Crippen molar-refractivity contribution in [1.82, 2.24) is 5.01 Å². The number of benzene rings is 3. The third-order valence-electron chi connectivity index (χ3n) is 5.93. The molecule has 2 aliphatic heterocycles. The lowest BCUT2D eigenvalue weighted by molar-refractivity contribution is 0.169. The summed E-state index contributed by atoms with van der Waals surface area (Å²) in [6, 6.07) is 22.4. The maximum Gasteiger partial charge on any atom is 0.188 e. The minimum atomic E-state index is -0.302. The largest absolute Gasteiger partial charge is 0.495 e. The summed E-state index contributed by atoms with van der Waals surface area (Å²) >= 11 is 0. The van der Waals surface area contributed by atoms with Crippen molar-refractivity contribution < 1.29 is 13.9 Å². The third-order valence-corrected chi connectivity index (χ3v) is 5.93. The Morgan fingerprint density at radius 1 is 1.14 bits per heavy atom. The Morgan fingerprint density at radius 3 is 2.64 bits per heavy atom. The van der Waals surface area contributed by atoms with Gasteiger partial charge < -0.3 is 20.5 Å². The number of nitrogens with zero attached hydrogens (tertiary/aromatic N) is 3. The Morgan fingerprint density at radius 2 is 1.92 bits per heavy atom. The molecule has 3 N–H and O–H groups in total. The Balaban J connectivity index is 1.52. The quantitative estimate of drug-likeness (QED) is 0.495. The summed E-state index contributed by atoms with van der Waals surface area (Å²) in [5.41, 5.74) is 10.00. The maximum atomic E-state index is 13.7. The van der Waals surface area contributed by atoms with Gasteiger partial charge in [-0.15, -0.1) is 0 Å². The predicted octanol–water partition coefficient (Wildman–Crippen LogP) is 5.27. The van der Waals surface area contributed by atoms with Crippen molar-refractivity contribution in [3.05, 3.63) is 107 Å². The van der Waals surface area contributed by atoms with Crippen molar-refractivity contribution in [2.75, 3.05) is 30.6 Å². The number of hydrogen-bond acceptors (Lipinski definition) is 7. The van der Waals surface area contributed by atoms with Crippen molar-refractivity contribution in [3.63, 3.8) is 0 Å². The highest BCUT2D eigenvalue weighted by molar-refractivity contribution is 6.03. The Hall–Kier alpha value is -4.46. The van der Waals surface area contributed by atoms with E-state index in [2.05, 4.69) is 15.3 Å². The van der Waals surface area contributed by atoms with E-state index in [-0.39, 0.29) is 12.0 Å². The Bertz CT molecular complexity index is 1320. The van der Waals surface area contributed by atoms with Gasteiger partial charge in [-0.1, -0.05) is 36.4 Å². The number of amidine groups is 1. The van der Waals surface area contributed by atoms with Crippen LogP contribution in [-0.2, 0) is 4.74 Å². The first kappa shape index (κ1) is 23.3. The van der Waals surface area contributed by atoms with Gasteiger partial charge in [0.15, 0.2) is 17.8 Å². The van der Waals surface area contributed by atoms with Crippen LogP contribution in [0.3, 0.4) is 0 Å². The number of hydrogen-bond donors (Lipinski definition) is 2. The number of nitrogens with two attached hydrogens (primary N) is 1. The lowest BCUT2D eigenvalue weighted by Gasteiger charge is -2.38. The smallest absolute Gasteiger partial charge is 0.188 e. The van der Waals surface area contributed by atoms with Crippen LogP contribution in [0, 0.1) is 5.82 Å². The molecule has 3 aromatic carbocycles. The van der Waals surface area contributed by atoms with Gasteiger partial charge in [0.25, 0.3) is 0 Å². The van der Waals surface area contributed by atoms with E-state index in [1.54, 1.807) is 25.4 Å². The molecule has 2 heterocycles. The van der Waals surface area contributed by atoms with E-state index < -0.39 is 0 Å². The molecule has 1 atom stereocenters. The number of morpholine rings is 1. The van der Waals surface area contributed by atoms with Gasteiger partial charge in [-0.2, -0.15) is 0 Å². The van der Waals surface area contributed by atoms with Crippen molar-refractivity contribution in [2.45, 2.75) is 13.1 Å². The molecule has 36 heavy (non-hydrogen) atoms. The van der Waals surface area contributed by atoms with E-state index in [1.165, 1.54) is 12.1 Å². The van der Waals surface area contributed by atoms with E-state index in [9.17, 15) is 4.39 Å². The SMILES string of the molecule is COc1cc(/C=C2\OCCN3C2=NC(c2ccccc2)N3c2ccc(F)cc2)ccc1N/C=C(/C)N. The average molecular weight is 486 g/mol. The van der Waals surface area contributed by atoms with Gasteiger partial charge in [0.1, 0.15) is 18.2 Å². The molecule has 8 heteroatoms. The summed E-state index contributed by atoms with van der Waals surface area (Å²) in [4.78, 5) is 5.06. The number of rotatable bonds is 6. The molecule has 2 aliphatic rings. The molecule has 1 fully saturated rings. The zero-order chi connectivity index (χ0) is 25.1. The first-order chi connectivity index (χ1) is 17.5. The molecule has 0 bridgehead atoms. The molecule has 0 saturated carbocycles. The van der Waals surface area contributed by atoms with Crippen LogP contribution in [0.5, 0.6) is 5.75 Å². The second-order valence-corrected chi connectivity index (χ2v) is 8.53. The minimum absolute atomic E-state index is 0.276. The molecule has 1 unspecified atom stereocenters. The van der Waals surface area contributed by atoms with Crippen LogP contribution in [-0.4, -0.2) is 31.1 Å². The maximum absolute atomic E-state index is 13.7. The zero-order valence-corrected chi connectivity index (χ0v) is 20.2. The molecule has 1 saturated heterocycles. The number of ether oxygens (including phenoxy) is 2. The van der Waals surface area contributed by atoms with Crippen LogP contribution in [0.15, 0.2) is 95.4 Å². The molecule has 7 nitrogen and oxygen atoms in total. The van der Waals surface area contributed by atoms with E-state index >= 15 is 0 Å². The third kappa shape index (κ3) is 4.70. The second kappa shape index (κ2) is 10.0. The molecule has 0 spiro atoms. The Labute approximate surface area is 209 Å². The van der Waals surface area contributed by atoms with Gasteiger partial charge in [0.2, 0.25) is 0 Å². The highest BCUT2D eigenvalue weighted by Crippen LogP contribution is 2.38. The standard InChI is InChI=1S/C28H28FN5O2/c1-19(30)18-31-24-13-8-20(16-25(24)35-2)17-26-28-32-27(21-6-4-3-5-7-21)34(33(28)14-15-36-26)23-11-9-22(29)10-12-23/h3-13,16-18,27,31H,14-15,30H2,1-2H3/b19-18-,26-17-. The molecule has 0 aliphatic carbocycles. The number of fused-ring (bicyclic) bond motifs is 1. The highest BCUT2D eigenvalue weighted by Gasteiger charge is 2.39. The summed E-state index contributed by atoms with van der Waals surface area (Å²) in [5, 5.41) is 7.35. The average Bonchev–Trinajstić information content (AvgIpc) is 3.29. The number of nitrogens with one attached hydrogen (secondary N) is 1. The second-order valence-electron chi connectivity index (χ2n) is 8.53. The number of anilines is 2. The summed E-state index contributed by atoms with van der Waals surface area (Å²) in [6.45, 7) is 2.92. The molecule has 0 amide bonds. The van der Waals surface area contributed by atoms with Gasteiger partial charge in [-0.25, -0.2) is 9.38 Å². The number of halogens is 1. The molecule has 0 radical (unpaired) electrons. The van der Waals surface area contributed by atoms with Crippen LogP contribution in [0.25, 0.3) is 6.08 Å². The first-order valence-electron chi connectivity index (χ1n) is 11.7. The van der Waals surface area contributed by atoms with E-state index in [4.69, 9.17) is 20.2 Å². The molecule has 3 aromatic rings. The monoisotopic (exact) mass is 485 g/mol. The topological polar surface area (TPSA) is 75.4 Å².